The molecule has 1 N–H and O–H groups in total. The van der Waals surface area contributed by atoms with Crippen LogP contribution in [0.3, 0.4) is 0 Å². The molecule has 1 aliphatic rings. The third-order valence-corrected chi connectivity index (χ3v) is 4.87. The summed E-state index contributed by atoms with van der Waals surface area (Å²) in [4.78, 5) is 46.4. The fraction of sp³-hybridized carbons (Fsp3) is 0.238. The Morgan fingerprint density at radius 1 is 1.17 bits per heavy atom. The number of aryl methyl sites for hydroxylation is 2. The first-order valence-corrected chi connectivity index (χ1v) is 9.18. The van der Waals surface area contributed by atoms with Crippen LogP contribution >= 0.6 is 0 Å². The number of aromatic nitrogens is 3. The summed E-state index contributed by atoms with van der Waals surface area (Å²) in [6, 6.07) is 10.8. The van der Waals surface area contributed by atoms with E-state index in [1.165, 1.54) is 17.2 Å². The molecule has 1 amide bonds. The van der Waals surface area contributed by atoms with E-state index in [4.69, 9.17) is 4.74 Å². The van der Waals surface area contributed by atoms with E-state index < -0.39 is 0 Å². The van der Waals surface area contributed by atoms with Gasteiger partial charge in [-0.1, -0.05) is 30.3 Å². The number of carbonyl (C=O) groups excluding carboxylic acids is 1. The molecule has 0 fully saturated rings. The highest BCUT2D eigenvalue weighted by molar-refractivity contribution is 5.95. The second kappa shape index (κ2) is 7.38. The maximum atomic E-state index is 13.3. The van der Waals surface area contributed by atoms with Gasteiger partial charge in [-0.05, 0) is 12.5 Å². The van der Waals surface area contributed by atoms with Crippen molar-refractivity contribution in [3.8, 4) is 5.75 Å². The van der Waals surface area contributed by atoms with Crippen molar-refractivity contribution in [1.82, 2.24) is 19.4 Å². The minimum atomic E-state index is -0.386. The van der Waals surface area contributed by atoms with Crippen LogP contribution in [0.15, 0.2) is 52.2 Å². The number of amides is 1. The molecule has 0 bridgehead atoms. The highest BCUT2D eigenvalue weighted by atomic mass is 16.5. The van der Waals surface area contributed by atoms with Crippen molar-refractivity contribution in [1.29, 1.82) is 0 Å². The third kappa shape index (κ3) is 3.56. The molecular formula is C21H20N4O4. The van der Waals surface area contributed by atoms with Crippen molar-refractivity contribution in [3.63, 3.8) is 0 Å². The van der Waals surface area contributed by atoms with Crippen molar-refractivity contribution in [2.45, 2.75) is 26.6 Å². The van der Waals surface area contributed by atoms with Crippen LogP contribution in [0.2, 0.25) is 0 Å². The van der Waals surface area contributed by atoms with Crippen molar-refractivity contribution in [2.75, 3.05) is 0 Å². The highest BCUT2D eigenvalue weighted by Crippen LogP contribution is 2.23. The van der Waals surface area contributed by atoms with E-state index in [2.05, 4.69) is 9.97 Å². The zero-order valence-electron chi connectivity index (χ0n) is 16.1. The van der Waals surface area contributed by atoms with Crippen LogP contribution in [0.1, 0.15) is 33.1 Å². The molecule has 0 radical (unpaired) electrons. The Hall–Kier alpha value is -3.68. The number of nitrogens with zero attached hydrogens (tertiary/aromatic N) is 3. The molecule has 0 saturated heterocycles. The first-order chi connectivity index (χ1) is 13.9. The average molecular weight is 392 g/mol. The van der Waals surface area contributed by atoms with E-state index in [0.29, 0.717) is 17.1 Å². The fourth-order valence-electron chi connectivity index (χ4n) is 3.41. The summed E-state index contributed by atoms with van der Waals surface area (Å²) in [6.45, 7) is 2.21. The SMILES string of the molecule is Cc1nc2c(c(=O)[nH]1)CN(C(=O)c1c(OCc3ccccc3)c(=O)ccn1C)C2. The summed E-state index contributed by atoms with van der Waals surface area (Å²) in [5.74, 6) is 0.114. The summed E-state index contributed by atoms with van der Waals surface area (Å²) < 4.78 is 7.34. The maximum Gasteiger partial charge on any atom is 0.275 e. The van der Waals surface area contributed by atoms with E-state index in [-0.39, 0.29) is 48.0 Å². The van der Waals surface area contributed by atoms with Gasteiger partial charge in [0.2, 0.25) is 5.43 Å². The quantitative estimate of drug-likeness (QED) is 0.726. The number of fused-ring (bicyclic) bond motifs is 1. The van der Waals surface area contributed by atoms with Gasteiger partial charge in [-0.3, -0.25) is 14.4 Å². The lowest BCUT2D eigenvalue weighted by Crippen LogP contribution is -2.31. The zero-order chi connectivity index (χ0) is 20.5. The molecule has 8 nitrogen and oxygen atoms in total. The van der Waals surface area contributed by atoms with Crippen LogP contribution in [-0.2, 0) is 26.7 Å². The van der Waals surface area contributed by atoms with Gasteiger partial charge in [-0.25, -0.2) is 4.98 Å². The van der Waals surface area contributed by atoms with Crippen LogP contribution in [0, 0.1) is 6.92 Å². The molecule has 1 aromatic carbocycles. The molecule has 4 rings (SSSR count). The molecular weight excluding hydrogens is 372 g/mol. The second-order valence-electron chi connectivity index (χ2n) is 6.98. The highest BCUT2D eigenvalue weighted by Gasteiger charge is 2.31. The van der Waals surface area contributed by atoms with Gasteiger partial charge in [0.15, 0.2) is 11.4 Å². The second-order valence-corrected chi connectivity index (χ2v) is 6.98. The topological polar surface area (TPSA) is 97.3 Å². The van der Waals surface area contributed by atoms with Crippen LogP contribution in [0.4, 0.5) is 0 Å². The number of ether oxygens (including phenoxy) is 1. The van der Waals surface area contributed by atoms with Gasteiger partial charge in [0, 0.05) is 19.3 Å². The molecule has 0 aliphatic carbocycles. The lowest BCUT2D eigenvalue weighted by atomic mass is 10.2. The lowest BCUT2D eigenvalue weighted by Gasteiger charge is -2.19. The number of benzene rings is 1. The Morgan fingerprint density at radius 3 is 2.69 bits per heavy atom. The Morgan fingerprint density at radius 2 is 1.93 bits per heavy atom. The van der Waals surface area contributed by atoms with E-state index in [1.807, 2.05) is 30.3 Å². The third-order valence-electron chi connectivity index (χ3n) is 4.87. The van der Waals surface area contributed by atoms with Gasteiger partial charge < -0.3 is 19.2 Å². The normalized spacial score (nSPS) is 12.7. The fourth-order valence-corrected chi connectivity index (χ4v) is 3.41. The molecule has 0 unspecified atom stereocenters. The molecule has 0 atom stereocenters. The van der Waals surface area contributed by atoms with Crippen LogP contribution in [0.5, 0.6) is 5.75 Å². The molecule has 1 aliphatic heterocycles. The number of aromatic amines is 1. The van der Waals surface area contributed by atoms with E-state index in [0.717, 1.165) is 5.56 Å². The van der Waals surface area contributed by atoms with E-state index in [9.17, 15) is 14.4 Å². The van der Waals surface area contributed by atoms with Crippen LogP contribution in [0.25, 0.3) is 0 Å². The summed E-state index contributed by atoms with van der Waals surface area (Å²) in [7, 11) is 1.68. The van der Waals surface area contributed by atoms with Gasteiger partial charge >= 0.3 is 0 Å². The molecule has 29 heavy (non-hydrogen) atoms. The first kappa shape index (κ1) is 18.7. The van der Waals surface area contributed by atoms with Crippen LogP contribution in [-0.4, -0.2) is 25.3 Å². The molecule has 148 valence electrons. The largest absolute Gasteiger partial charge is 0.483 e. The Kier molecular flexibility index (Phi) is 4.75. The van der Waals surface area contributed by atoms with Gasteiger partial charge in [0.25, 0.3) is 11.5 Å². The van der Waals surface area contributed by atoms with Gasteiger partial charge in [0.1, 0.15) is 12.4 Å². The minimum Gasteiger partial charge on any atom is -0.483 e. The van der Waals surface area contributed by atoms with Crippen molar-refractivity contribution >= 4 is 5.91 Å². The summed E-state index contributed by atoms with van der Waals surface area (Å²) in [5, 5.41) is 0. The van der Waals surface area contributed by atoms with Crippen molar-refractivity contribution in [3.05, 3.63) is 91.5 Å². The lowest BCUT2D eigenvalue weighted by molar-refractivity contribution is 0.0733. The summed E-state index contributed by atoms with van der Waals surface area (Å²) in [5.41, 5.74) is 1.46. The first-order valence-electron chi connectivity index (χ1n) is 9.18. The standard InChI is InChI=1S/C21H20N4O4/c1-13-22-16-11-25(10-15(16)20(27)23-13)21(28)18-19(17(26)8-9-24(18)2)29-12-14-6-4-3-5-7-14/h3-9H,10-12H2,1-2H3,(H,22,23,27). The number of nitrogens with one attached hydrogen (secondary N) is 1. The molecule has 3 heterocycles. The smallest absolute Gasteiger partial charge is 0.275 e. The van der Waals surface area contributed by atoms with Gasteiger partial charge in [-0.15, -0.1) is 0 Å². The monoisotopic (exact) mass is 392 g/mol. The minimum absolute atomic E-state index is 0.00198. The van der Waals surface area contributed by atoms with Crippen LogP contribution < -0.4 is 15.7 Å². The maximum absolute atomic E-state index is 13.3. The van der Waals surface area contributed by atoms with Crippen molar-refractivity contribution < 1.29 is 9.53 Å². The number of pyridine rings is 1. The van der Waals surface area contributed by atoms with E-state index in [1.54, 1.807) is 18.5 Å². The predicted octanol–water partition coefficient (Wildman–Crippen LogP) is 1.51. The molecule has 0 saturated carbocycles. The summed E-state index contributed by atoms with van der Waals surface area (Å²) >= 11 is 0. The number of rotatable bonds is 4. The number of carbonyl (C=O) groups is 1. The molecule has 2 aromatic heterocycles. The Balaban J connectivity index is 1.65. The average Bonchev–Trinajstić information content (AvgIpc) is 3.13. The molecule has 3 aromatic rings. The Bertz CT molecular complexity index is 1200. The van der Waals surface area contributed by atoms with E-state index >= 15 is 0 Å². The zero-order valence-corrected chi connectivity index (χ0v) is 16.1. The molecule has 8 heteroatoms. The van der Waals surface area contributed by atoms with Crippen molar-refractivity contribution in [2.24, 2.45) is 7.05 Å². The Labute approximate surface area is 166 Å². The number of hydrogen-bond donors (Lipinski definition) is 1. The van der Waals surface area contributed by atoms with Gasteiger partial charge in [-0.2, -0.15) is 0 Å². The number of hydrogen-bond acceptors (Lipinski definition) is 5. The molecule has 0 spiro atoms. The van der Waals surface area contributed by atoms with Gasteiger partial charge in [0.05, 0.1) is 24.3 Å². The number of H-pyrrole nitrogens is 1. The summed E-state index contributed by atoms with van der Waals surface area (Å²) in [6.07, 6.45) is 1.53. The predicted molar refractivity (Wildman–Crippen MR) is 106 cm³/mol.